The van der Waals surface area contributed by atoms with Crippen LogP contribution in [0.2, 0.25) is 5.02 Å². The lowest BCUT2D eigenvalue weighted by atomic mass is 9.94. The van der Waals surface area contributed by atoms with Crippen LogP contribution in [0.3, 0.4) is 0 Å². The van der Waals surface area contributed by atoms with Gasteiger partial charge in [-0.05, 0) is 50.1 Å². The summed E-state index contributed by atoms with van der Waals surface area (Å²) in [4.78, 5) is 4.33. The zero-order valence-corrected chi connectivity index (χ0v) is 15.1. The molecule has 1 aromatic heterocycles. The molecule has 0 bridgehead atoms. The van der Waals surface area contributed by atoms with Gasteiger partial charge in [0, 0.05) is 16.1 Å². The summed E-state index contributed by atoms with van der Waals surface area (Å²) in [5.74, 6) is 0.531. The van der Waals surface area contributed by atoms with Crippen molar-refractivity contribution in [1.82, 2.24) is 15.5 Å². The molecule has 1 heterocycles. The van der Waals surface area contributed by atoms with Crippen LogP contribution in [0.25, 0.3) is 11.4 Å². The van der Waals surface area contributed by atoms with E-state index < -0.39 is 0 Å². The number of halogens is 2. The summed E-state index contributed by atoms with van der Waals surface area (Å²) < 4.78 is 19.0. The van der Waals surface area contributed by atoms with E-state index >= 15 is 0 Å². The zero-order valence-electron chi connectivity index (χ0n) is 14.3. The molecule has 0 spiro atoms. The molecule has 3 aromatic rings. The molecule has 25 heavy (non-hydrogen) atoms. The van der Waals surface area contributed by atoms with E-state index in [0.717, 1.165) is 5.56 Å². The molecule has 0 radical (unpaired) electrons. The summed E-state index contributed by atoms with van der Waals surface area (Å²) >= 11 is 5.94. The molecule has 0 saturated carbocycles. The van der Waals surface area contributed by atoms with Gasteiger partial charge in [-0.3, -0.25) is 5.32 Å². The number of nitrogens with one attached hydrogen (secondary N) is 1. The molecule has 130 valence electrons. The number of aromatic nitrogens is 2. The van der Waals surface area contributed by atoms with E-state index in [1.54, 1.807) is 19.1 Å². The Kier molecular flexibility index (Phi) is 4.88. The molecule has 3 rings (SSSR count). The van der Waals surface area contributed by atoms with Gasteiger partial charge in [-0.2, -0.15) is 4.98 Å². The maximum absolute atomic E-state index is 13.7. The van der Waals surface area contributed by atoms with Crippen molar-refractivity contribution in [3.8, 4) is 11.4 Å². The van der Waals surface area contributed by atoms with E-state index in [9.17, 15) is 4.39 Å². The van der Waals surface area contributed by atoms with Crippen molar-refractivity contribution in [3.63, 3.8) is 0 Å². The summed E-state index contributed by atoms with van der Waals surface area (Å²) in [5, 5.41) is 8.02. The molecule has 0 atom stereocenters. The number of rotatable bonds is 5. The van der Waals surface area contributed by atoms with Crippen molar-refractivity contribution >= 4 is 11.6 Å². The predicted octanol–water partition coefficient (Wildman–Crippen LogP) is 4.86. The van der Waals surface area contributed by atoms with Gasteiger partial charge in [-0.1, -0.05) is 41.0 Å². The Labute approximate surface area is 151 Å². The molecular formula is C19H19ClFN3O. The number of hydrogen-bond acceptors (Lipinski definition) is 4. The van der Waals surface area contributed by atoms with Crippen molar-refractivity contribution < 1.29 is 8.91 Å². The molecule has 0 aliphatic rings. The van der Waals surface area contributed by atoms with Gasteiger partial charge in [-0.25, -0.2) is 4.39 Å². The van der Waals surface area contributed by atoms with Crippen molar-refractivity contribution in [1.29, 1.82) is 0 Å². The Morgan fingerprint density at radius 3 is 2.56 bits per heavy atom. The third-order valence-corrected chi connectivity index (χ3v) is 4.40. The lowest BCUT2D eigenvalue weighted by molar-refractivity contribution is 0.327. The van der Waals surface area contributed by atoms with Crippen LogP contribution < -0.4 is 5.32 Å². The van der Waals surface area contributed by atoms with Gasteiger partial charge in [0.2, 0.25) is 11.7 Å². The van der Waals surface area contributed by atoms with Gasteiger partial charge in [-0.15, -0.1) is 0 Å². The summed E-state index contributed by atoms with van der Waals surface area (Å²) in [6, 6.07) is 12.6. The molecule has 6 heteroatoms. The van der Waals surface area contributed by atoms with E-state index in [-0.39, 0.29) is 11.4 Å². The molecule has 4 nitrogen and oxygen atoms in total. The molecule has 0 aliphatic carbocycles. The fourth-order valence-electron chi connectivity index (χ4n) is 2.44. The molecule has 1 N–H and O–H groups in total. The van der Waals surface area contributed by atoms with Crippen molar-refractivity contribution in [2.24, 2.45) is 0 Å². The number of benzene rings is 2. The smallest absolute Gasteiger partial charge is 0.240 e. The average molecular weight is 360 g/mol. The maximum atomic E-state index is 13.7. The Morgan fingerprint density at radius 2 is 1.88 bits per heavy atom. The van der Waals surface area contributed by atoms with Crippen LogP contribution in [0.1, 0.15) is 30.9 Å². The topological polar surface area (TPSA) is 51.0 Å². The monoisotopic (exact) mass is 359 g/mol. The lowest BCUT2D eigenvalue weighted by Gasteiger charge is -2.26. The Balaban J connectivity index is 1.71. The van der Waals surface area contributed by atoms with E-state index in [1.807, 2.05) is 24.3 Å². The predicted molar refractivity (Wildman–Crippen MR) is 95.7 cm³/mol. The average Bonchev–Trinajstić information content (AvgIpc) is 3.05. The second-order valence-corrected chi connectivity index (χ2v) is 6.90. The fourth-order valence-corrected chi connectivity index (χ4v) is 2.57. The molecule has 0 aliphatic heterocycles. The van der Waals surface area contributed by atoms with Crippen LogP contribution in [0.4, 0.5) is 4.39 Å². The SMILES string of the molecule is Cc1ccc(-c2noc(CNC(C)(C)c3ccc(Cl)cc3)n2)cc1F. The number of nitrogens with zero attached hydrogens (tertiary/aromatic N) is 2. The van der Waals surface area contributed by atoms with Crippen LogP contribution in [0.15, 0.2) is 47.0 Å². The minimum Gasteiger partial charge on any atom is -0.338 e. The van der Waals surface area contributed by atoms with Gasteiger partial charge < -0.3 is 4.52 Å². The van der Waals surface area contributed by atoms with Crippen LogP contribution >= 0.6 is 11.6 Å². The van der Waals surface area contributed by atoms with E-state index in [1.165, 1.54) is 6.07 Å². The molecule has 2 aromatic carbocycles. The highest BCUT2D eigenvalue weighted by molar-refractivity contribution is 6.30. The van der Waals surface area contributed by atoms with E-state index in [4.69, 9.17) is 16.1 Å². The summed E-state index contributed by atoms with van der Waals surface area (Å²) in [7, 11) is 0. The Hall–Kier alpha value is -2.24. The first kappa shape index (κ1) is 17.6. The van der Waals surface area contributed by atoms with Crippen LogP contribution in [-0.4, -0.2) is 10.1 Å². The Bertz CT molecular complexity index is 875. The normalized spacial score (nSPS) is 11.7. The lowest BCUT2D eigenvalue weighted by Crippen LogP contribution is -2.36. The maximum Gasteiger partial charge on any atom is 0.240 e. The highest BCUT2D eigenvalue weighted by Gasteiger charge is 2.21. The molecular weight excluding hydrogens is 341 g/mol. The number of hydrogen-bond donors (Lipinski definition) is 1. The summed E-state index contributed by atoms with van der Waals surface area (Å²) in [5.41, 5.74) is 1.97. The quantitative estimate of drug-likeness (QED) is 0.706. The third-order valence-electron chi connectivity index (χ3n) is 4.15. The summed E-state index contributed by atoms with van der Waals surface area (Å²) in [6.07, 6.45) is 0. The molecule has 0 unspecified atom stereocenters. The highest BCUT2D eigenvalue weighted by Crippen LogP contribution is 2.23. The first-order valence-corrected chi connectivity index (χ1v) is 8.33. The van der Waals surface area contributed by atoms with Gasteiger partial charge in [0.1, 0.15) is 5.82 Å². The van der Waals surface area contributed by atoms with Crippen molar-refractivity contribution in [3.05, 3.63) is 70.3 Å². The molecule has 0 saturated heterocycles. The van der Waals surface area contributed by atoms with Crippen molar-refractivity contribution in [2.75, 3.05) is 0 Å². The standard InChI is InChI=1S/C19H19ClFN3O/c1-12-4-5-13(10-16(12)21)18-23-17(25-24-18)11-22-19(2,3)14-6-8-15(20)9-7-14/h4-10,22H,11H2,1-3H3. The second kappa shape index (κ2) is 6.94. The van der Waals surface area contributed by atoms with Crippen LogP contribution in [0, 0.1) is 12.7 Å². The second-order valence-electron chi connectivity index (χ2n) is 6.46. The fraction of sp³-hybridized carbons (Fsp3) is 0.263. The number of aryl methyl sites for hydroxylation is 1. The first-order chi connectivity index (χ1) is 11.8. The van der Waals surface area contributed by atoms with Gasteiger partial charge in [0.05, 0.1) is 6.54 Å². The largest absolute Gasteiger partial charge is 0.338 e. The highest BCUT2D eigenvalue weighted by atomic mass is 35.5. The van der Waals surface area contributed by atoms with E-state index in [0.29, 0.717) is 34.4 Å². The van der Waals surface area contributed by atoms with Crippen molar-refractivity contribution in [2.45, 2.75) is 32.9 Å². The minimum absolute atomic E-state index is 0.286. The Morgan fingerprint density at radius 1 is 1.16 bits per heavy atom. The van der Waals surface area contributed by atoms with Crippen LogP contribution in [-0.2, 0) is 12.1 Å². The van der Waals surface area contributed by atoms with Gasteiger partial charge in [0.25, 0.3) is 0 Å². The minimum atomic E-state index is -0.296. The molecule has 0 fully saturated rings. The molecule has 0 amide bonds. The van der Waals surface area contributed by atoms with E-state index in [2.05, 4.69) is 29.3 Å². The summed E-state index contributed by atoms with van der Waals surface area (Å²) in [6.45, 7) is 6.23. The van der Waals surface area contributed by atoms with Crippen LogP contribution in [0.5, 0.6) is 0 Å². The van der Waals surface area contributed by atoms with Gasteiger partial charge >= 0.3 is 0 Å². The third kappa shape index (κ3) is 4.06. The first-order valence-electron chi connectivity index (χ1n) is 7.95. The van der Waals surface area contributed by atoms with Gasteiger partial charge in [0.15, 0.2) is 0 Å². The zero-order chi connectivity index (χ0) is 18.0.